The summed E-state index contributed by atoms with van der Waals surface area (Å²) >= 11 is 0. The molecule has 0 fully saturated rings. The quantitative estimate of drug-likeness (QED) is 0.506. The number of benzene rings is 3. The van der Waals surface area contributed by atoms with Crippen molar-refractivity contribution in [3.63, 3.8) is 0 Å². The summed E-state index contributed by atoms with van der Waals surface area (Å²) in [6, 6.07) is 21.1. The molecule has 162 valence electrons. The second-order valence-electron chi connectivity index (χ2n) is 7.29. The molecule has 0 radical (unpaired) electrons. The minimum absolute atomic E-state index is 0.194. The van der Waals surface area contributed by atoms with E-state index in [4.69, 9.17) is 5.73 Å². The van der Waals surface area contributed by atoms with E-state index < -0.39 is 35.5 Å². The van der Waals surface area contributed by atoms with Gasteiger partial charge in [-0.2, -0.15) is 9.78 Å². The molecule has 0 amide bonds. The van der Waals surface area contributed by atoms with Crippen LogP contribution >= 0.6 is 0 Å². The molecule has 0 spiro atoms. The van der Waals surface area contributed by atoms with Gasteiger partial charge in [-0.3, -0.25) is 4.79 Å². The number of hydrogen-bond acceptors (Lipinski definition) is 4. The van der Waals surface area contributed by atoms with Gasteiger partial charge in [-0.15, -0.1) is 0 Å². The molecule has 0 aliphatic rings. The van der Waals surface area contributed by atoms with Gasteiger partial charge in [-0.25, -0.2) is 18.1 Å². The zero-order valence-corrected chi connectivity index (χ0v) is 17.0. The number of halogens is 2. The number of para-hydroxylation sites is 1. The second-order valence-corrected chi connectivity index (χ2v) is 7.29. The van der Waals surface area contributed by atoms with Crippen molar-refractivity contribution >= 4 is 0 Å². The van der Waals surface area contributed by atoms with E-state index in [2.05, 4.69) is 5.10 Å². The van der Waals surface area contributed by atoms with Gasteiger partial charge in [0.25, 0.3) is 5.56 Å². The monoisotopic (exact) mass is 434 g/mol. The van der Waals surface area contributed by atoms with Gasteiger partial charge >= 0.3 is 5.69 Å². The minimum atomic E-state index is -1.00. The molecule has 1 aromatic heterocycles. The zero-order valence-electron chi connectivity index (χ0n) is 17.0. The summed E-state index contributed by atoms with van der Waals surface area (Å²) in [4.78, 5) is 26.4. The van der Waals surface area contributed by atoms with E-state index in [9.17, 15) is 18.4 Å². The SMILES string of the molecule is NC(Cc1ccccc1)n1c(=O)c(Cc2c(F)cccc2F)nn(-c2ccccc2)c1=O. The van der Waals surface area contributed by atoms with Crippen LogP contribution in [0.5, 0.6) is 0 Å². The van der Waals surface area contributed by atoms with Crippen molar-refractivity contribution in [3.05, 3.63) is 128 Å². The Bertz CT molecular complexity index is 1330. The Hall–Kier alpha value is -3.91. The fraction of sp³-hybridized carbons (Fsp3) is 0.125. The van der Waals surface area contributed by atoms with E-state index in [1.54, 1.807) is 30.3 Å². The predicted octanol–water partition coefficient (Wildman–Crippen LogP) is 2.96. The molecule has 4 aromatic rings. The van der Waals surface area contributed by atoms with Crippen molar-refractivity contribution in [3.8, 4) is 5.69 Å². The first-order valence-electron chi connectivity index (χ1n) is 9.98. The third-order valence-corrected chi connectivity index (χ3v) is 5.10. The Balaban J connectivity index is 1.87. The number of rotatable bonds is 6. The van der Waals surface area contributed by atoms with Crippen LogP contribution in [0, 0.1) is 11.6 Å². The maximum atomic E-state index is 14.2. The van der Waals surface area contributed by atoms with Gasteiger partial charge in [0.1, 0.15) is 17.3 Å². The summed E-state index contributed by atoms with van der Waals surface area (Å²) in [6.07, 6.45) is -1.22. The van der Waals surface area contributed by atoms with Crippen LogP contribution < -0.4 is 17.0 Å². The zero-order chi connectivity index (χ0) is 22.7. The lowest BCUT2D eigenvalue weighted by Crippen LogP contribution is -2.47. The van der Waals surface area contributed by atoms with Gasteiger partial charge in [-0.1, -0.05) is 54.6 Å². The smallest absolute Gasteiger partial charge is 0.310 e. The molecule has 0 aliphatic heterocycles. The van der Waals surface area contributed by atoms with E-state index in [1.807, 2.05) is 30.3 Å². The van der Waals surface area contributed by atoms with Gasteiger partial charge in [0, 0.05) is 18.4 Å². The summed E-state index contributed by atoms with van der Waals surface area (Å²) in [5.41, 5.74) is 5.48. The van der Waals surface area contributed by atoms with Crippen molar-refractivity contribution in [1.82, 2.24) is 14.3 Å². The highest BCUT2D eigenvalue weighted by Gasteiger charge is 2.21. The Kier molecular flexibility index (Phi) is 6.04. The molecular formula is C24H20F2N4O2. The lowest BCUT2D eigenvalue weighted by atomic mass is 10.1. The molecule has 1 atom stereocenters. The van der Waals surface area contributed by atoms with E-state index >= 15 is 0 Å². The summed E-state index contributed by atoms with van der Waals surface area (Å²) in [5, 5.41) is 4.15. The Morgan fingerprint density at radius 2 is 1.44 bits per heavy atom. The number of hydrogen-bond donors (Lipinski definition) is 1. The third kappa shape index (κ3) is 4.26. The number of nitrogens with zero attached hydrogens (tertiary/aromatic N) is 3. The standard InChI is InChI=1S/C24H20F2N4O2/c25-19-12-7-13-20(26)18(19)15-21-23(31)29(22(27)14-16-8-3-1-4-9-16)24(32)30(28-21)17-10-5-2-6-11-17/h1-13,22H,14-15,27H2. The maximum absolute atomic E-state index is 14.2. The fourth-order valence-corrected chi connectivity index (χ4v) is 3.49. The first-order chi connectivity index (χ1) is 15.5. The number of aromatic nitrogens is 3. The average Bonchev–Trinajstić information content (AvgIpc) is 2.79. The molecule has 2 N–H and O–H groups in total. The van der Waals surface area contributed by atoms with Gasteiger partial charge < -0.3 is 5.73 Å². The highest BCUT2D eigenvalue weighted by Crippen LogP contribution is 2.15. The van der Waals surface area contributed by atoms with Crippen LogP contribution in [-0.4, -0.2) is 14.3 Å². The first-order valence-corrected chi connectivity index (χ1v) is 9.98. The fourth-order valence-electron chi connectivity index (χ4n) is 3.49. The number of nitrogens with two attached hydrogens (primary N) is 1. The van der Waals surface area contributed by atoms with Crippen molar-refractivity contribution in [1.29, 1.82) is 0 Å². The topological polar surface area (TPSA) is 82.9 Å². The lowest BCUT2D eigenvalue weighted by molar-refractivity contribution is 0.450. The summed E-state index contributed by atoms with van der Waals surface area (Å²) in [7, 11) is 0. The molecule has 0 bridgehead atoms. The Morgan fingerprint density at radius 1 is 0.844 bits per heavy atom. The molecule has 1 unspecified atom stereocenters. The third-order valence-electron chi connectivity index (χ3n) is 5.10. The van der Waals surface area contributed by atoms with Crippen LogP contribution in [-0.2, 0) is 12.8 Å². The van der Waals surface area contributed by atoms with Crippen molar-refractivity contribution in [2.75, 3.05) is 0 Å². The summed E-state index contributed by atoms with van der Waals surface area (Å²) < 4.78 is 30.4. The molecule has 0 saturated carbocycles. The van der Waals surface area contributed by atoms with Crippen molar-refractivity contribution < 1.29 is 8.78 Å². The van der Waals surface area contributed by atoms with Crippen LogP contribution in [0.4, 0.5) is 8.78 Å². The highest BCUT2D eigenvalue weighted by atomic mass is 19.1. The maximum Gasteiger partial charge on any atom is 0.353 e. The largest absolute Gasteiger partial charge is 0.353 e. The molecule has 4 rings (SSSR count). The second kappa shape index (κ2) is 9.07. The normalized spacial score (nSPS) is 12.0. The Labute approximate surface area is 182 Å². The van der Waals surface area contributed by atoms with E-state index in [1.165, 1.54) is 6.07 Å². The molecule has 32 heavy (non-hydrogen) atoms. The van der Waals surface area contributed by atoms with Crippen LogP contribution in [0.25, 0.3) is 5.69 Å². The van der Waals surface area contributed by atoms with Gasteiger partial charge in [0.2, 0.25) is 0 Å². The van der Waals surface area contributed by atoms with Gasteiger partial charge in [0.05, 0.1) is 11.9 Å². The molecular weight excluding hydrogens is 414 g/mol. The predicted molar refractivity (Wildman–Crippen MR) is 117 cm³/mol. The van der Waals surface area contributed by atoms with E-state index in [0.717, 1.165) is 26.9 Å². The molecule has 6 nitrogen and oxygen atoms in total. The van der Waals surface area contributed by atoms with Crippen LogP contribution in [0.2, 0.25) is 0 Å². The van der Waals surface area contributed by atoms with Crippen LogP contribution in [0.1, 0.15) is 23.0 Å². The minimum Gasteiger partial charge on any atom is -0.310 e. The van der Waals surface area contributed by atoms with E-state index in [0.29, 0.717) is 5.69 Å². The average molecular weight is 434 g/mol. The lowest BCUT2D eigenvalue weighted by Gasteiger charge is -2.18. The highest BCUT2D eigenvalue weighted by molar-refractivity contribution is 5.30. The van der Waals surface area contributed by atoms with Crippen LogP contribution in [0.15, 0.2) is 88.5 Å². The Morgan fingerprint density at radius 3 is 2.06 bits per heavy atom. The van der Waals surface area contributed by atoms with Crippen molar-refractivity contribution in [2.45, 2.75) is 19.0 Å². The molecule has 3 aromatic carbocycles. The summed E-state index contributed by atoms with van der Waals surface area (Å²) in [5.74, 6) is -1.60. The van der Waals surface area contributed by atoms with Crippen molar-refractivity contribution in [2.24, 2.45) is 5.73 Å². The van der Waals surface area contributed by atoms with E-state index in [-0.39, 0.29) is 17.7 Å². The molecule has 1 heterocycles. The molecule has 0 aliphatic carbocycles. The van der Waals surface area contributed by atoms with Crippen LogP contribution in [0.3, 0.4) is 0 Å². The van der Waals surface area contributed by atoms with Gasteiger partial charge in [-0.05, 0) is 29.8 Å². The summed E-state index contributed by atoms with van der Waals surface area (Å²) in [6.45, 7) is 0. The molecule has 0 saturated heterocycles. The molecule has 8 heteroatoms. The van der Waals surface area contributed by atoms with Gasteiger partial charge in [0.15, 0.2) is 0 Å². The first kappa shape index (κ1) is 21.3.